The number of carbonyl (C=O) groups excluding carboxylic acids is 2. The zero-order valence-corrected chi connectivity index (χ0v) is 18.2. The van der Waals surface area contributed by atoms with Gasteiger partial charge < -0.3 is 19.7 Å². The van der Waals surface area contributed by atoms with E-state index in [9.17, 15) is 9.59 Å². The zero-order chi connectivity index (χ0) is 21.7. The molecule has 1 aliphatic rings. The molecule has 0 bridgehead atoms. The average molecular weight is 411 g/mol. The number of aryl methyl sites for hydroxylation is 3. The molecule has 3 rings (SSSR count). The van der Waals surface area contributed by atoms with Crippen LogP contribution in [0, 0.1) is 20.8 Å². The second kappa shape index (κ2) is 9.65. The van der Waals surface area contributed by atoms with Gasteiger partial charge in [0.05, 0.1) is 7.11 Å². The number of ether oxygens (including phenoxy) is 2. The minimum atomic E-state index is -0.112. The molecule has 2 amide bonds. The van der Waals surface area contributed by atoms with Crippen LogP contribution < -0.4 is 14.8 Å². The maximum atomic E-state index is 12.7. The quantitative estimate of drug-likeness (QED) is 0.678. The third kappa shape index (κ3) is 5.53. The van der Waals surface area contributed by atoms with Gasteiger partial charge in [-0.2, -0.15) is 0 Å². The van der Waals surface area contributed by atoms with Crippen molar-refractivity contribution in [2.24, 2.45) is 0 Å². The molecule has 30 heavy (non-hydrogen) atoms. The van der Waals surface area contributed by atoms with Gasteiger partial charge in [-0.25, -0.2) is 0 Å². The third-order valence-electron chi connectivity index (χ3n) is 5.25. The van der Waals surface area contributed by atoms with Crippen molar-refractivity contribution in [1.82, 2.24) is 4.90 Å². The summed E-state index contributed by atoms with van der Waals surface area (Å²) in [4.78, 5) is 27.0. The fourth-order valence-electron chi connectivity index (χ4n) is 3.66. The number of nitrogens with zero attached hydrogens (tertiary/aromatic N) is 1. The SMILES string of the molecule is COc1ccccc1OCC(=O)N(CCC(=O)Nc1c(C)cc(C)cc1C)C1CC1. The van der Waals surface area contributed by atoms with Crippen LogP contribution in [-0.4, -0.2) is 43.0 Å². The van der Waals surface area contributed by atoms with Crippen molar-refractivity contribution < 1.29 is 19.1 Å². The molecule has 1 N–H and O–H groups in total. The van der Waals surface area contributed by atoms with Crippen molar-refractivity contribution in [3.05, 3.63) is 53.1 Å². The lowest BCUT2D eigenvalue weighted by atomic mass is 10.0. The van der Waals surface area contributed by atoms with Gasteiger partial charge in [0.15, 0.2) is 18.1 Å². The van der Waals surface area contributed by atoms with Crippen LogP contribution in [0.2, 0.25) is 0 Å². The lowest BCUT2D eigenvalue weighted by Crippen LogP contribution is -2.38. The highest BCUT2D eigenvalue weighted by Gasteiger charge is 2.33. The Morgan fingerprint density at radius 1 is 1.07 bits per heavy atom. The van der Waals surface area contributed by atoms with Gasteiger partial charge in [0.2, 0.25) is 5.91 Å². The van der Waals surface area contributed by atoms with Gasteiger partial charge in [-0.1, -0.05) is 29.8 Å². The summed E-state index contributed by atoms with van der Waals surface area (Å²) in [6, 6.07) is 11.6. The number of methoxy groups -OCH3 is 1. The molecule has 0 radical (unpaired) electrons. The maximum absolute atomic E-state index is 12.7. The Bertz CT molecular complexity index is 898. The van der Waals surface area contributed by atoms with Gasteiger partial charge in [-0.15, -0.1) is 0 Å². The first kappa shape index (κ1) is 21.7. The summed E-state index contributed by atoms with van der Waals surface area (Å²) in [5.41, 5.74) is 4.11. The lowest BCUT2D eigenvalue weighted by Gasteiger charge is -2.23. The fraction of sp³-hybridized carbons (Fsp3) is 0.417. The molecule has 2 aromatic carbocycles. The monoisotopic (exact) mass is 410 g/mol. The number of rotatable bonds is 9. The summed E-state index contributed by atoms with van der Waals surface area (Å²) < 4.78 is 10.9. The molecule has 0 spiro atoms. The summed E-state index contributed by atoms with van der Waals surface area (Å²) in [7, 11) is 1.57. The van der Waals surface area contributed by atoms with Crippen LogP contribution in [0.25, 0.3) is 0 Å². The molecule has 0 heterocycles. The van der Waals surface area contributed by atoms with Crippen molar-refractivity contribution in [1.29, 1.82) is 0 Å². The normalized spacial score (nSPS) is 12.9. The topological polar surface area (TPSA) is 67.9 Å². The summed E-state index contributed by atoms with van der Waals surface area (Å²) in [5.74, 6) is 0.923. The Hall–Kier alpha value is -3.02. The molecule has 1 aliphatic carbocycles. The first-order chi connectivity index (χ1) is 14.4. The second-order valence-corrected chi connectivity index (χ2v) is 7.83. The van der Waals surface area contributed by atoms with Gasteiger partial charge in [0, 0.05) is 24.7 Å². The Kier molecular flexibility index (Phi) is 6.98. The smallest absolute Gasteiger partial charge is 0.260 e. The predicted octanol–water partition coefficient (Wildman–Crippen LogP) is 4.02. The standard InChI is InChI=1S/C24H30N2O4/c1-16-13-17(2)24(18(3)14-16)25-22(27)11-12-26(19-9-10-19)23(28)15-30-21-8-6-5-7-20(21)29-4/h5-8,13-14,19H,9-12,15H2,1-4H3,(H,25,27). The zero-order valence-electron chi connectivity index (χ0n) is 18.2. The van der Waals surface area contributed by atoms with E-state index in [-0.39, 0.29) is 30.9 Å². The lowest BCUT2D eigenvalue weighted by molar-refractivity contribution is -0.134. The molecule has 0 saturated heterocycles. The van der Waals surface area contributed by atoms with E-state index < -0.39 is 0 Å². The molecule has 0 aromatic heterocycles. The van der Waals surface area contributed by atoms with Crippen LogP contribution in [0.5, 0.6) is 11.5 Å². The summed E-state index contributed by atoms with van der Waals surface area (Å²) >= 11 is 0. The van der Waals surface area contributed by atoms with E-state index >= 15 is 0 Å². The van der Waals surface area contributed by atoms with Crippen LogP contribution in [-0.2, 0) is 9.59 Å². The molecular formula is C24H30N2O4. The summed E-state index contributed by atoms with van der Waals surface area (Å²) in [6.07, 6.45) is 2.19. The predicted molar refractivity (Wildman–Crippen MR) is 117 cm³/mol. The van der Waals surface area contributed by atoms with E-state index in [0.717, 1.165) is 29.7 Å². The van der Waals surface area contributed by atoms with Crippen molar-refractivity contribution in [2.45, 2.75) is 46.1 Å². The van der Waals surface area contributed by atoms with Crippen LogP contribution in [0.4, 0.5) is 5.69 Å². The Labute approximate surface area is 178 Å². The molecule has 2 aromatic rings. The van der Waals surface area contributed by atoms with Crippen molar-refractivity contribution in [2.75, 3.05) is 25.6 Å². The van der Waals surface area contributed by atoms with Gasteiger partial charge in [-0.05, 0) is 56.9 Å². The van der Waals surface area contributed by atoms with Crippen LogP contribution in [0.3, 0.4) is 0 Å². The maximum Gasteiger partial charge on any atom is 0.260 e. The van der Waals surface area contributed by atoms with Gasteiger partial charge in [0.1, 0.15) is 0 Å². The molecule has 6 nitrogen and oxygen atoms in total. The first-order valence-corrected chi connectivity index (χ1v) is 10.3. The average Bonchev–Trinajstić information content (AvgIpc) is 3.54. The molecule has 6 heteroatoms. The number of anilines is 1. The highest BCUT2D eigenvalue weighted by molar-refractivity contribution is 5.93. The Morgan fingerprint density at radius 2 is 1.70 bits per heavy atom. The highest BCUT2D eigenvalue weighted by Crippen LogP contribution is 2.29. The molecule has 0 aliphatic heterocycles. The number of benzene rings is 2. The van der Waals surface area contributed by atoms with Crippen LogP contribution in [0.1, 0.15) is 36.0 Å². The summed E-state index contributed by atoms with van der Waals surface area (Å²) in [6.45, 7) is 6.33. The number of para-hydroxylation sites is 2. The van der Waals surface area contributed by atoms with E-state index in [0.29, 0.717) is 18.0 Å². The van der Waals surface area contributed by atoms with Crippen molar-refractivity contribution >= 4 is 17.5 Å². The number of nitrogens with one attached hydrogen (secondary N) is 1. The second-order valence-electron chi connectivity index (χ2n) is 7.83. The minimum absolute atomic E-state index is 0.0747. The Balaban J connectivity index is 1.55. The molecule has 0 unspecified atom stereocenters. The number of carbonyl (C=O) groups is 2. The molecular weight excluding hydrogens is 380 g/mol. The van der Waals surface area contributed by atoms with Gasteiger partial charge in [0.25, 0.3) is 5.91 Å². The molecule has 160 valence electrons. The largest absolute Gasteiger partial charge is 0.493 e. The van der Waals surface area contributed by atoms with E-state index in [1.807, 2.05) is 32.9 Å². The summed E-state index contributed by atoms with van der Waals surface area (Å²) in [5, 5.41) is 3.01. The molecule has 0 atom stereocenters. The first-order valence-electron chi connectivity index (χ1n) is 10.3. The minimum Gasteiger partial charge on any atom is -0.493 e. The van der Waals surface area contributed by atoms with E-state index in [1.165, 1.54) is 5.56 Å². The molecule has 1 fully saturated rings. The molecule has 1 saturated carbocycles. The van der Waals surface area contributed by atoms with E-state index in [4.69, 9.17) is 9.47 Å². The Morgan fingerprint density at radius 3 is 2.30 bits per heavy atom. The third-order valence-corrected chi connectivity index (χ3v) is 5.25. The van der Waals surface area contributed by atoms with Crippen molar-refractivity contribution in [3.63, 3.8) is 0 Å². The number of hydrogen-bond acceptors (Lipinski definition) is 4. The van der Waals surface area contributed by atoms with Crippen LogP contribution in [0.15, 0.2) is 36.4 Å². The van der Waals surface area contributed by atoms with E-state index in [2.05, 4.69) is 17.4 Å². The van der Waals surface area contributed by atoms with Gasteiger partial charge in [-0.3, -0.25) is 9.59 Å². The van der Waals surface area contributed by atoms with Crippen molar-refractivity contribution in [3.8, 4) is 11.5 Å². The highest BCUT2D eigenvalue weighted by atomic mass is 16.5. The van der Waals surface area contributed by atoms with Gasteiger partial charge >= 0.3 is 0 Å². The number of amides is 2. The van der Waals surface area contributed by atoms with E-state index in [1.54, 1.807) is 24.1 Å². The fourth-order valence-corrected chi connectivity index (χ4v) is 3.66. The van der Waals surface area contributed by atoms with Crippen LogP contribution >= 0.6 is 0 Å². The number of hydrogen-bond donors (Lipinski definition) is 1.